The highest BCUT2D eigenvalue weighted by Crippen LogP contribution is 2.61. The first-order valence-electron chi connectivity index (χ1n) is 17.3. The lowest BCUT2D eigenvalue weighted by molar-refractivity contribution is -0.00514. The topological polar surface area (TPSA) is 6.48 Å². The molecule has 0 saturated heterocycles. The first kappa shape index (κ1) is 26.0. The van der Waals surface area contributed by atoms with Crippen LogP contribution in [0.1, 0.15) is 56.6 Å². The van der Waals surface area contributed by atoms with Gasteiger partial charge in [-0.05, 0) is 144 Å². The second-order valence-electron chi connectivity index (χ2n) is 14.7. The van der Waals surface area contributed by atoms with Crippen molar-refractivity contribution in [3.63, 3.8) is 0 Å². The molecule has 3 heteroatoms. The summed E-state index contributed by atoms with van der Waals surface area (Å²) in [6.45, 7) is 2.46. The van der Waals surface area contributed by atoms with Crippen LogP contribution in [0.4, 0.5) is 34.1 Å². The summed E-state index contributed by atoms with van der Waals surface area (Å²) in [4.78, 5) is 5.20. The van der Waals surface area contributed by atoms with Crippen molar-refractivity contribution in [1.82, 2.24) is 0 Å². The van der Waals surface area contributed by atoms with E-state index in [2.05, 4.69) is 132 Å². The van der Waals surface area contributed by atoms with Gasteiger partial charge < -0.3 is 9.80 Å². The minimum atomic E-state index is 0.193. The van der Waals surface area contributed by atoms with Crippen molar-refractivity contribution in [3.05, 3.63) is 126 Å². The third-order valence-electron chi connectivity index (χ3n) is 12.1. The largest absolute Gasteiger partial charge is 0.311 e. The Morgan fingerprint density at radius 2 is 1.11 bits per heavy atom. The molecule has 4 saturated carbocycles. The fraction of sp³-hybridized carbons (Fsp3) is 0.286. The summed E-state index contributed by atoms with van der Waals surface area (Å²) in [6, 6.07) is 44.1. The summed E-state index contributed by atoms with van der Waals surface area (Å²) in [6.07, 6.45) is 9.52. The lowest BCUT2D eigenvalue weighted by Crippen LogP contribution is -2.61. The molecule has 6 aliphatic rings. The van der Waals surface area contributed by atoms with Gasteiger partial charge in [-0.25, -0.2) is 0 Å². The van der Waals surface area contributed by atoms with E-state index in [9.17, 15) is 0 Å². The highest BCUT2D eigenvalue weighted by Gasteiger charge is 2.53. The first-order valence-corrected chi connectivity index (χ1v) is 17.3. The summed E-state index contributed by atoms with van der Waals surface area (Å²) in [5, 5.41) is 0. The molecule has 0 aromatic heterocycles. The molecule has 4 fully saturated rings. The lowest BCUT2D eigenvalue weighted by Gasteiger charge is -2.57. The quantitative estimate of drug-likeness (QED) is 0.192. The SMILES string of the molecule is CCc1cccc(N2c3ccccc3B3c4ccccc4N(c4ccccc4)c4cc(C56CC7CC(CC(C7)C5)C6)cc2c43)c1. The Morgan fingerprint density at radius 1 is 0.578 bits per heavy atom. The minimum absolute atomic E-state index is 0.193. The smallest absolute Gasteiger partial charge is 0.252 e. The van der Waals surface area contributed by atoms with Crippen LogP contribution >= 0.6 is 0 Å². The monoisotopic (exact) mass is 582 g/mol. The molecular formula is C42H39BN2. The van der Waals surface area contributed by atoms with Crippen molar-refractivity contribution in [2.24, 2.45) is 17.8 Å². The number of benzene rings is 5. The predicted molar refractivity (Wildman–Crippen MR) is 190 cm³/mol. The number of rotatable bonds is 4. The summed E-state index contributed by atoms with van der Waals surface area (Å²) in [7, 11) is 0. The van der Waals surface area contributed by atoms with Crippen molar-refractivity contribution in [2.45, 2.75) is 57.3 Å². The molecule has 4 aliphatic carbocycles. The Kier molecular flexibility index (Phi) is 5.57. The second-order valence-corrected chi connectivity index (χ2v) is 14.7. The molecule has 45 heavy (non-hydrogen) atoms. The van der Waals surface area contributed by atoms with Gasteiger partial charge >= 0.3 is 0 Å². The van der Waals surface area contributed by atoms with Gasteiger partial charge in [-0.3, -0.25) is 0 Å². The number of hydrogen-bond donors (Lipinski definition) is 0. The van der Waals surface area contributed by atoms with Gasteiger partial charge in [-0.15, -0.1) is 0 Å². The third-order valence-corrected chi connectivity index (χ3v) is 12.1. The zero-order valence-corrected chi connectivity index (χ0v) is 26.1. The van der Waals surface area contributed by atoms with E-state index in [4.69, 9.17) is 0 Å². The molecule has 0 atom stereocenters. The number of fused-ring (bicyclic) bond motifs is 4. The Balaban J connectivity index is 1.30. The van der Waals surface area contributed by atoms with Crippen LogP contribution in [0.5, 0.6) is 0 Å². The molecule has 0 radical (unpaired) electrons. The molecule has 2 heterocycles. The molecule has 4 bridgehead atoms. The van der Waals surface area contributed by atoms with Crippen molar-refractivity contribution in [3.8, 4) is 0 Å². The van der Waals surface area contributed by atoms with Crippen LogP contribution in [0.3, 0.4) is 0 Å². The summed E-state index contributed by atoms with van der Waals surface area (Å²) in [5.74, 6) is 2.71. The van der Waals surface area contributed by atoms with Crippen molar-refractivity contribution < 1.29 is 0 Å². The maximum Gasteiger partial charge on any atom is 0.252 e. The van der Waals surface area contributed by atoms with Crippen LogP contribution < -0.4 is 26.2 Å². The average Bonchev–Trinajstić information content (AvgIpc) is 3.07. The van der Waals surface area contributed by atoms with Crippen LogP contribution in [-0.4, -0.2) is 6.71 Å². The van der Waals surface area contributed by atoms with Crippen LogP contribution in [0.25, 0.3) is 0 Å². The molecule has 0 unspecified atom stereocenters. The summed E-state index contributed by atoms with van der Waals surface area (Å²) in [5.41, 5.74) is 15.4. The highest BCUT2D eigenvalue weighted by atomic mass is 15.2. The van der Waals surface area contributed by atoms with Crippen molar-refractivity contribution >= 4 is 57.2 Å². The number of aryl methyl sites for hydroxylation is 1. The zero-order chi connectivity index (χ0) is 29.7. The molecule has 220 valence electrons. The summed E-state index contributed by atoms with van der Waals surface area (Å²) < 4.78 is 0. The van der Waals surface area contributed by atoms with Gasteiger partial charge in [0.05, 0.1) is 0 Å². The molecule has 0 N–H and O–H groups in total. The highest BCUT2D eigenvalue weighted by molar-refractivity contribution is 7.00. The van der Waals surface area contributed by atoms with Gasteiger partial charge in [0.25, 0.3) is 6.71 Å². The lowest BCUT2D eigenvalue weighted by atomic mass is 9.33. The Labute approximate surface area is 267 Å². The number of hydrogen-bond acceptors (Lipinski definition) is 2. The van der Waals surface area contributed by atoms with E-state index >= 15 is 0 Å². The van der Waals surface area contributed by atoms with Crippen LogP contribution in [0.15, 0.2) is 115 Å². The molecule has 0 spiro atoms. The van der Waals surface area contributed by atoms with E-state index in [0.29, 0.717) is 5.41 Å². The van der Waals surface area contributed by atoms with E-state index in [0.717, 1.165) is 24.2 Å². The van der Waals surface area contributed by atoms with Gasteiger partial charge in [0.2, 0.25) is 0 Å². The Bertz CT molecular complexity index is 1930. The zero-order valence-electron chi connectivity index (χ0n) is 26.1. The Hall–Kier alpha value is -4.24. The van der Waals surface area contributed by atoms with Crippen LogP contribution in [0, 0.1) is 17.8 Å². The maximum absolute atomic E-state index is 2.67. The molecule has 2 aliphatic heterocycles. The van der Waals surface area contributed by atoms with E-state index in [-0.39, 0.29) is 6.71 Å². The van der Waals surface area contributed by atoms with E-state index in [1.54, 1.807) is 5.56 Å². The molecule has 0 amide bonds. The average molecular weight is 583 g/mol. The van der Waals surface area contributed by atoms with Crippen molar-refractivity contribution in [2.75, 3.05) is 9.80 Å². The molecule has 5 aromatic rings. The summed E-state index contributed by atoms with van der Waals surface area (Å²) >= 11 is 0. The number of nitrogens with zero attached hydrogens (tertiary/aromatic N) is 2. The number of anilines is 6. The van der Waals surface area contributed by atoms with Gasteiger partial charge in [0, 0.05) is 34.1 Å². The molecule has 5 aromatic carbocycles. The maximum atomic E-state index is 2.67. The van der Waals surface area contributed by atoms with Crippen molar-refractivity contribution in [1.29, 1.82) is 0 Å². The molecular weight excluding hydrogens is 543 g/mol. The van der Waals surface area contributed by atoms with E-state index < -0.39 is 0 Å². The van der Waals surface area contributed by atoms with Gasteiger partial charge in [0.15, 0.2) is 0 Å². The van der Waals surface area contributed by atoms with Gasteiger partial charge in [0.1, 0.15) is 0 Å². The first-order chi connectivity index (χ1) is 22.2. The van der Waals surface area contributed by atoms with E-state index in [1.807, 2.05) is 0 Å². The second kappa shape index (κ2) is 9.63. The van der Waals surface area contributed by atoms with Gasteiger partial charge in [-0.1, -0.05) is 73.7 Å². The standard InChI is InChI=1S/C42H39BN2/c1-2-28-11-10-14-34(22-28)45-38-18-9-7-16-36(38)43-35-15-6-8-17-37(35)44(33-12-4-3-5-13-33)39-23-32(24-40(45)41(39)43)42-25-29-19-30(26-42)21-31(20-29)27-42/h3-18,22-24,29-31H,2,19-21,25-27H2,1H3. The minimum Gasteiger partial charge on any atom is -0.311 e. The van der Waals surface area contributed by atoms with Gasteiger partial charge in [-0.2, -0.15) is 0 Å². The molecule has 11 rings (SSSR count). The third kappa shape index (κ3) is 3.76. The molecule has 2 nitrogen and oxygen atoms in total. The fourth-order valence-corrected chi connectivity index (χ4v) is 10.7. The fourth-order valence-electron chi connectivity index (χ4n) is 10.7. The number of para-hydroxylation sites is 3. The Morgan fingerprint density at radius 3 is 1.71 bits per heavy atom. The normalized spacial score (nSPS) is 25.2. The predicted octanol–water partition coefficient (Wildman–Crippen LogP) is 8.80. The van der Waals surface area contributed by atoms with Crippen LogP contribution in [0.2, 0.25) is 0 Å². The van der Waals surface area contributed by atoms with Crippen LogP contribution in [-0.2, 0) is 11.8 Å². The van der Waals surface area contributed by atoms with E-state index in [1.165, 1.54) is 94.6 Å².